The van der Waals surface area contributed by atoms with E-state index >= 15 is 0 Å². The van der Waals surface area contributed by atoms with Crippen LogP contribution in [0.3, 0.4) is 0 Å². The van der Waals surface area contributed by atoms with Gasteiger partial charge in [-0.25, -0.2) is 8.78 Å². The predicted octanol–water partition coefficient (Wildman–Crippen LogP) is 1.33. The molecule has 5 heteroatoms. The molecule has 0 amide bonds. The highest BCUT2D eigenvalue weighted by Gasteiger charge is 2.22. The molecule has 3 nitrogen and oxygen atoms in total. The molecule has 0 unspecified atom stereocenters. The Kier molecular flexibility index (Phi) is 2.83. The summed E-state index contributed by atoms with van der Waals surface area (Å²) in [4.78, 5) is 0. The molecule has 82 valence electrons. The van der Waals surface area contributed by atoms with E-state index in [0.717, 1.165) is 12.1 Å². The lowest BCUT2D eigenvalue weighted by Gasteiger charge is -2.25. The molecule has 1 aliphatic rings. The van der Waals surface area contributed by atoms with Gasteiger partial charge < -0.3 is 15.2 Å². The van der Waals surface area contributed by atoms with Gasteiger partial charge in [0.25, 0.3) is 0 Å². The normalized spacial score (nSPS) is 21.6. The van der Waals surface area contributed by atoms with Crippen LogP contribution in [0, 0.1) is 11.6 Å². The lowest BCUT2D eigenvalue weighted by Crippen LogP contribution is -2.35. The molecule has 0 bridgehead atoms. The van der Waals surface area contributed by atoms with E-state index in [1.165, 1.54) is 0 Å². The maximum Gasteiger partial charge on any atom is 0.134 e. The maximum absolute atomic E-state index is 13.4. The number of phenolic OH excluding ortho intramolecular Hbond substituents is 1. The third-order valence-electron chi connectivity index (χ3n) is 2.34. The van der Waals surface area contributed by atoms with Crippen LogP contribution in [0.5, 0.6) is 5.75 Å². The Bertz CT molecular complexity index is 341. The monoisotopic (exact) mass is 215 g/mol. The van der Waals surface area contributed by atoms with Gasteiger partial charge in [-0.05, 0) is 0 Å². The molecule has 1 aromatic rings. The Morgan fingerprint density at radius 2 is 2.20 bits per heavy atom. The molecule has 0 radical (unpaired) electrons. The van der Waals surface area contributed by atoms with Gasteiger partial charge in [0.05, 0.1) is 19.3 Å². The topological polar surface area (TPSA) is 41.5 Å². The third kappa shape index (κ3) is 2.08. The number of halogens is 2. The fraction of sp³-hybridized carbons (Fsp3) is 0.400. The first kappa shape index (κ1) is 10.3. The van der Waals surface area contributed by atoms with Crippen molar-refractivity contribution >= 4 is 0 Å². The molecule has 1 aromatic carbocycles. The van der Waals surface area contributed by atoms with Crippen LogP contribution >= 0.6 is 0 Å². The van der Waals surface area contributed by atoms with Crippen molar-refractivity contribution in [2.75, 3.05) is 19.8 Å². The summed E-state index contributed by atoms with van der Waals surface area (Å²) >= 11 is 0. The zero-order chi connectivity index (χ0) is 10.8. The quantitative estimate of drug-likeness (QED) is 0.742. The van der Waals surface area contributed by atoms with Gasteiger partial charge in [0, 0.05) is 24.2 Å². The number of phenols is 1. The highest BCUT2D eigenvalue weighted by atomic mass is 19.1. The molecule has 1 heterocycles. The molecular formula is C10H11F2NO2. The van der Waals surface area contributed by atoms with Gasteiger partial charge >= 0.3 is 0 Å². The van der Waals surface area contributed by atoms with Crippen molar-refractivity contribution in [3.8, 4) is 5.75 Å². The minimum Gasteiger partial charge on any atom is -0.507 e. The van der Waals surface area contributed by atoms with E-state index in [2.05, 4.69) is 5.32 Å². The second-order valence-electron chi connectivity index (χ2n) is 3.40. The molecule has 1 aliphatic heterocycles. The van der Waals surface area contributed by atoms with Gasteiger partial charge in [-0.3, -0.25) is 0 Å². The van der Waals surface area contributed by atoms with Gasteiger partial charge in [0.2, 0.25) is 0 Å². The van der Waals surface area contributed by atoms with Crippen molar-refractivity contribution in [2.45, 2.75) is 6.04 Å². The lowest BCUT2D eigenvalue weighted by molar-refractivity contribution is 0.0748. The van der Waals surface area contributed by atoms with Crippen LogP contribution in [0.2, 0.25) is 0 Å². The summed E-state index contributed by atoms with van der Waals surface area (Å²) in [6.45, 7) is 1.41. The second kappa shape index (κ2) is 4.12. The minimum absolute atomic E-state index is 0.0658. The fourth-order valence-electron chi connectivity index (χ4n) is 1.67. The summed E-state index contributed by atoms with van der Waals surface area (Å²) in [6.07, 6.45) is 0. The van der Waals surface area contributed by atoms with Crippen LogP contribution < -0.4 is 5.32 Å². The first-order chi connectivity index (χ1) is 7.18. The number of hydrogen-bond acceptors (Lipinski definition) is 3. The van der Waals surface area contributed by atoms with Gasteiger partial charge in [-0.2, -0.15) is 0 Å². The van der Waals surface area contributed by atoms with E-state index < -0.39 is 17.7 Å². The molecule has 0 spiro atoms. The van der Waals surface area contributed by atoms with E-state index in [1.807, 2.05) is 0 Å². The molecule has 2 rings (SSSR count). The van der Waals surface area contributed by atoms with E-state index in [-0.39, 0.29) is 17.9 Å². The van der Waals surface area contributed by atoms with Crippen LogP contribution in [-0.2, 0) is 4.74 Å². The molecule has 0 aromatic heterocycles. The van der Waals surface area contributed by atoms with Crippen LogP contribution in [0.15, 0.2) is 12.1 Å². The van der Waals surface area contributed by atoms with E-state index in [0.29, 0.717) is 13.2 Å². The van der Waals surface area contributed by atoms with E-state index in [4.69, 9.17) is 4.74 Å². The molecule has 1 fully saturated rings. The maximum atomic E-state index is 13.4. The summed E-state index contributed by atoms with van der Waals surface area (Å²) < 4.78 is 31.3. The first-order valence-corrected chi connectivity index (χ1v) is 4.67. The van der Waals surface area contributed by atoms with Gasteiger partial charge in [-0.1, -0.05) is 0 Å². The van der Waals surface area contributed by atoms with Crippen LogP contribution in [0.4, 0.5) is 8.78 Å². The standard InChI is InChI=1S/C10H11F2NO2/c11-6-3-7(12)10(9(14)4-6)8-5-15-2-1-13-8/h3-4,8,13-14H,1-2,5H2/t8-/m0/s1. The van der Waals surface area contributed by atoms with Gasteiger partial charge in [-0.15, -0.1) is 0 Å². The van der Waals surface area contributed by atoms with Crippen molar-refractivity contribution in [3.05, 3.63) is 29.3 Å². The number of hydrogen-bond donors (Lipinski definition) is 2. The third-order valence-corrected chi connectivity index (χ3v) is 2.34. The Balaban J connectivity index is 2.33. The number of benzene rings is 1. The number of rotatable bonds is 1. The highest BCUT2D eigenvalue weighted by molar-refractivity contribution is 5.36. The molecule has 0 saturated carbocycles. The molecule has 15 heavy (non-hydrogen) atoms. The summed E-state index contributed by atoms with van der Waals surface area (Å²) in [5.41, 5.74) is 0.0658. The highest BCUT2D eigenvalue weighted by Crippen LogP contribution is 2.29. The first-order valence-electron chi connectivity index (χ1n) is 4.67. The fourth-order valence-corrected chi connectivity index (χ4v) is 1.67. The summed E-state index contributed by atoms with van der Waals surface area (Å²) in [6, 6.07) is 1.24. The number of ether oxygens (including phenoxy) is 1. The molecular weight excluding hydrogens is 204 g/mol. The summed E-state index contributed by atoms with van der Waals surface area (Å²) in [5, 5.41) is 12.4. The SMILES string of the molecule is Oc1cc(F)cc(F)c1[C@@H]1COCCN1. The minimum atomic E-state index is -0.787. The van der Waals surface area contributed by atoms with Crippen LogP contribution in [0.1, 0.15) is 11.6 Å². The molecule has 1 saturated heterocycles. The summed E-state index contributed by atoms with van der Waals surface area (Å²) in [5.74, 6) is -1.92. The van der Waals surface area contributed by atoms with Crippen molar-refractivity contribution in [3.63, 3.8) is 0 Å². The number of nitrogens with one attached hydrogen (secondary N) is 1. The van der Waals surface area contributed by atoms with Crippen LogP contribution in [-0.4, -0.2) is 24.9 Å². The lowest BCUT2D eigenvalue weighted by atomic mass is 10.0. The largest absolute Gasteiger partial charge is 0.507 e. The Morgan fingerprint density at radius 3 is 2.80 bits per heavy atom. The van der Waals surface area contributed by atoms with Gasteiger partial charge in [0.15, 0.2) is 0 Å². The van der Waals surface area contributed by atoms with Crippen molar-refractivity contribution in [1.82, 2.24) is 5.32 Å². The predicted molar refractivity (Wildman–Crippen MR) is 49.6 cm³/mol. The smallest absolute Gasteiger partial charge is 0.134 e. The number of aromatic hydroxyl groups is 1. The van der Waals surface area contributed by atoms with E-state index in [1.54, 1.807) is 0 Å². The number of morpholine rings is 1. The van der Waals surface area contributed by atoms with Gasteiger partial charge in [0.1, 0.15) is 17.4 Å². The van der Waals surface area contributed by atoms with Crippen molar-refractivity contribution < 1.29 is 18.6 Å². The van der Waals surface area contributed by atoms with Crippen molar-refractivity contribution in [1.29, 1.82) is 0 Å². The van der Waals surface area contributed by atoms with Crippen LogP contribution in [0.25, 0.3) is 0 Å². The average molecular weight is 215 g/mol. The molecule has 1 atom stereocenters. The Hall–Kier alpha value is -1.20. The second-order valence-corrected chi connectivity index (χ2v) is 3.40. The zero-order valence-corrected chi connectivity index (χ0v) is 7.96. The van der Waals surface area contributed by atoms with Crippen molar-refractivity contribution in [2.24, 2.45) is 0 Å². The Morgan fingerprint density at radius 1 is 1.40 bits per heavy atom. The molecule has 2 N–H and O–H groups in total. The average Bonchev–Trinajstić information content (AvgIpc) is 2.17. The Labute approximate surface area is 85.7 Å². The summed E-state index contributed by atoms with van der Waals surface area (Å²) in [7, 11) is 0. The van der Waals surface area contributed by atoms with E-state index in [9.17, 15) is 13.9 Å². The zero-order valence-electron chi connectivity index (χ0n) is 7.96. The molecule has 0 aliphatic carbocycles.